The van der Waals surface area contributed by atoms with Crippen molar-refractivity contribution >= 4 is 23.0 Å². The van der Waals surface area contributed by atoms with Gasteiger partial charge in [-0.1, -0.05) is 48.5 Å². The van der Waals surface area contributed by atoms with Crippen LogP contribution in [0.25, 0.3) is 0 Å². The molecule has 1 N–H and O–H groups in total. The highest BCUT2D eigenvalue weighted by Crippen LogP contribution is 2.32. The molecule has 5 nitrogen and oxygen atoms in total. The molecule has 1 heterocycles. The van der Waals surface area contributed by atoms with Gasteiger partial charge < -0.3 is 14.8 Å². The van der Waals surface area contributed by atoms with E-state index in [0.29, 0.717) is 36.6 Å². The molecule has 0 bridgehead atoms. The fraction of sp³-hybridized carbons (Fsp3) is 0.207. The Morgan fingerprint density at radius 1 is 1.00 bits per heavy atom. The van der Waals surface area contributed by atoms with E-state index in [-0.39, 0.29) is 12.1 Å². The zero-order valence-electron chi connectivity index (χ0n) is 20.5. The first-order valence-electron chi connectivity index (χ1n) is 12.1. The van der Waals surface area contributed by atoms with Gasteiger partial charge >= 0.3 is 6.18 Å². The van der Waals surface area contributed by atoms with E-state index in [0.717, 1.165) is 23.0 Å². The summed E-state index contributed by atoms with van der Waals surface area (Å²) < 4.78 is 43.0. The number of rotatable bonds is 9. The van der Waals surface area contributed by atoms with Gasteiger partial charge in [0, 0.05) is 37.2 Å². The lowest BCUT2D eigenvalue weighted by atomic mass is 10.1. The third-order valence-corrected chi connectivity index (χ3v) is 6.45. The van der Waals surface area contributed by atoms with Crippen molar-refractivity contribution in [1.29, 1.82) is 5.26 Å². The van der Waals surface area contributed by atoms with Gasteiger partial charge in [-0.15, -0.1) is 0 Å². The van der Waals surface area contributed by atoms with Crippen molar-refractivity contribution in [3.8, 4) is 6.07 Å². The van der Waals surface area contributed by atoms with E-state index in [1.807, 2.05) is 47.0 Å². The Labute approximate surface area is 225 Å². The third kappa shape index (κ3) is 7.20. The van der Waals surface area contributed by atoms with Crippen LogP contribution >= 0.6 is 12.2 Å². The van der Waals surface area contributed by atoms with Crippen LogP contribution in [0.1, 0.15) is 34.4 Å². The summed E-state index contributed by atoms with van der Waals surface area (Å²) >= 11 is 5.63. The molecule has 4 rings (SSSR count). The van der Waals surface area contributed by atoms with Crippen LogP contribution in [0.15, 0.2) is 91.4 Å². The number of anilines is 1. The average Bonchev–Trinajstić information content (AvgIpc) is 3.35. The quantitative estimate of drug-likeness (QED) is 0.244. The second kappa shape index (κ2) is 12.4. The Morgan fingerprint density at radius 3 is 2.42 bits per heavy atom. The summed E-state index contributed by atoms with van der Waals surface area (Å²) in [7, 11) is 0. The fourth-order valence-electron chi connectivity index (χ4n) is 4.15. The van der Waals surface area contributed by atoms with Crippen LogP contribution in [-0.2, 0) is 25.7 Å². The van der Waals surface area contributed by atoms with Gasteiger partial charge in [-0.25, -0.2) is 4.98 Å². The highest BCUT2D eigenvalue weighted by molar-refractivity contribution is 7.80. The summed E-state index contributed by atoms with van der Waals surface area (Å²) in [6, 6.07) is 24.4. The van der Waals surface area contributed by atoms with Crippen molar-refractivity contribution < 1.29 is 13.2 Å². The SMILES string of the molecule is N#Cc1ccc(Cn2cncc2CCCN(Cc2ccccc2C(F)(F)F)C(=S)Nc2ccccc2)cc1. The van der Waals surface area contributed by atoms with Gasteiger partial charge in [-0.2, -0.15) is 18.4 Å². The van der Waals surface area contributed by atoms with Crippen LogP contribution < -0.4 is 5.32 Å². The van der Waals surface area contributed by atoms with E-state index in [1.165, 1.54) is 12.1 Å². The number of hydrogen-bond acceptors (Lipinski definition) is 3. The molecule has 0 spiro atoms. The van der Waals surface area contributed by atoms with Crippen molar-refractivity contribution in [2.45, 2.75) is 32.1 Å². The van der Waals surface area contributed by atoms with Crippen LogP contribution in [0.3, 0.4) is 0 Å². The average molecular weight is 534 g/mol. The summed E-state index contributed by atoms with van der Waals surface area (Å²) in [5.41, 5.74) is 2.93. The molecule has 194 valence electrons. The van der Waals surface area contributed by atoms with Crippen molar-refractivity contribution in [1.82, 2.24) is 14.5 Å². The van der Waals surface area contributed by atoms with Gasteiger partial charge in [0.2, 0.25) is 0 Å². The first-order chi connectivity index (χ1) is 18.3. The zero-order chi connectivity index (χ0) is 27.0. The number of nitrogens with one attached hydrogen (secondary N) is 1. The van der Waals surface area contributed by atoms with E-state index in [4.69, 9.17) is 17.5 Å². The molecule has 0 amide bonds. The standard InChI is InChI=1S/C29H26F3N5S/c30-29(31,32)27-11-5-4-7-24(27)20-36(28(38)35-25-8-2-1-3-9-25)16-6-10-26-18-34-21-37(26)19-23-14-12-22(17-33)13-15-23/h1-5,7-9,11-15,18,21H,6,10,16,19-20H2,(H,35,38). The van der Waals surface area contributed by atoms with Gasteiger partial charge in [-0.05, 0) is 66.5 Å². The van der Waals surface area contributed by atoms with Gasteiger partial charge in [0.1, 0.15) is 0 Å². The highest BCUT2D eigenvalue weighted by Gasteiger charge is 2.33. The molecule has 0 atom stereocenters. The Bertz CT molecular complexity index is 1390. The number of thiocarbonyl (C=S) groups is 1. The monoisotopic (exact) mass is 533 g/mol. The van der Waals surface area contributed by atoms with Crippen molar-refractivity contribution in [2.24, 2.45) is 0 Å². The number of para-hydroxylation sites is 1. The lowest BCUT2D eigenvalue weighted by Crippen LogP contribution is -2.36. The van der Waals surface area contributed by atoms with Crippen LogP contribution in [0.5, 0.6) is 0 Å². The minimum absolute atomic E-state index is 0.0266. The van der Waals surface area contributed by atoms with Crippen LogP contribution in [0.4, 0.5) is 18.9 Å². The van der Waals surface area contributed by atoms with Gasteiger partial charge in [-0.3, -0.25) is 0 Å². The minimum Gasteiger partial charge on any atom is -0.345 e. The first-order valence-corrected chi connectivity index (χ1v) is 12.5. The normalized spacial score (nSPS) is 11.1. The largest absolute Gasteiger partial charge is 0.416 e. The number of aryl methyl sites for hydroxylation is 1. The van der Waals surface area contributed by atoms with E-state index in [9.17, 15) is 13.2 Å². The molecule has 0 unspecified atom stereocenters. The summed E-state index contributed by atoms with van der Waals surface area (Å²) in [6.45, 7) is 1.09. The number of nitriles is 1. The van der Waals surface area contributed by atoms with Crippen molar-refractivity contribution in [3.63, 3.8) is 0 Å². The van der Waals surface area contributed by atoms with Crippen molar-refractivity contribution in [3.05, 3.63) is 119 Å². The third-order valence-electron chi connectivity index (χ3n) is 6.09. The molecule has 0 saturated heterocycles. The van der Waals surface area contributed by atoms with Crippen LogP contribution in [-0.4, -0.2) is 26.1 Å². The highest BCUT2D eigenvalue weighted by atomic mass is 32.1. The van der Waals surface area contributed by atoms with Crippen molar-refractivity contribution in [2.75, 3.05) is 11.9 Å². The van der Waals surface area contributed by atoms with Crippen LogP contribution in [0.2, 0.25) is 0 Å². The summed E-state index contributed by atoms with van der Waals surface area (Å²) in [4.78, 5) is 6.05. The van der Waals surface area contributed by atoms with Crippen LogP contribution in [0, 0.1) is 11.3 Å². The van der Waals surface area contributed by atoms with Gasteiger partial charge in [0.05, 0.1) is 23.5 Å². The maximum atomic E-state index is 13.7. The number of aromatic nitrogens is 2. The van der Waals surface area contributed by atoms with E-state index >= 15 is 0 Å². The minimum atomic E-state index is -4.45. The molecule has 0 aliphatic carbocycles. The molecule has 4 aromatic rings. The Hall–Kier alpha value is -4.16. The fourth-order valence-corrected chi connectivity index (χ4v) is 4.42. The molecule has 1 aromatic heterocycles. The molecule has 0 aliphatic heterocycles. The molecule has 3 aromatic carbocycles. The topological polar surface area (TPSA) is 56.9 Å². The molecular weight excluding hydrogens is 507 g/mol. The van der Waals surface area contributed by atoms with E-state index < -0.39 is 11.7 Å². The zero-order valence-corrected chi connectivity index (χ0v) is 21.3. The number of hydrogen-bond donors (Lipinski definition) is 1. The maximum absolute atomic E-state index is 13.7. The number of halogens is 3. The Kier molecular flexibility index (Phi) is 8.77. The predicted octanol–water partition coefficient (Wildman–Crippen LogP) is 6.65. The lowest BCUT2D eigenvalue weighted by Gasteiger charge is -2.27. The molecule has 0 saturated carbocycles. The molecule has 38 heavy (non-hydrogen) atoms. The molecular formula is C29H26F3N5S. The second-order valence-electron chi connectivity index (χ2n) is 8.80. The van der Waals surface area contributed by atoms with E-state index in [2.05, 4.69) is 16.4 Å². The Morgan fingerprint density at radius 2 is 1.71 bits per heavy atom. The van der Waals surface area contributed by atoms with Gasteiger partial charge in [0.15, 0.2) is 5.11 Å². The lowest BCUT2D eigenvalue weighted by molar-refractivity contribution is -0.138. The Balaban J connectivity index is 1.46. The maximum Gasteiger partial charge on any atom is 0.416 e. The second-order valence-corrected chi connectivity index (χ2v) is 9.18. The van der Waals surface area contributed by atoms with Gasteiger partial charge in [0.25, 0.3) is 0 Å². The van der Waals surface area contributed by atoms with E-state index in [1.54, 1.807) is 35.6 Å². The number of imidazole rings is 1. The molecule has 9 heteroatoms. The molecule has 0 radical (unpaired) electrons. The number of benzene rings is 3. The molecule has 0 fully saturated rings. The summed E-state index contributed by atoms with van der Waals surface area (Å²) in [5.74, 6) is 0. The first kappa shape index (κ1) is 26.9. The predicted molar refractivity (Wildman–Crippen MR) is 145 cm³/mol. The number of nitrogens with zero attached hydrogens (tertiary/aromatic N) is 4. The number of alkyl halides is 3. The summed E-state index contributed by atoms with van der Waals surface area (Å²) in [5, 5.41) is 12.5. The smallest absolute Gasteiger partial charge is 0.345 e. The molecule has 0 aliphatic rings. The summed E-state index contributed by atoms with van der Waals surface area (Å²) in [6.07, 6.45) is 0.431.